The lowest BCUT2D eigenvalue weighted by Gasteiger charge is -2.19. The van der Waals surface area contributed by atoms with Crippen molar-refractivity contribution in [1.82, 2.24) is 25.9 Å². The molecule has 1 heterocycles. The maximum Gasteiger partial charge on any atom is 0.413 e. The lowest BCUT2D eigenvalue weighted by Crippen LogP contribution is -2.42. The zero-order valence-corrected chi connectivity index (χ0v) is 11.0. The lowest BCUT2D eigenvalue weighted by molar-refractivity contribution is 0.190. The number of rotatable bonds is 2. The van der Waals surface area contributed by atoms with Crippen LogP contribution in [0.5, 0.6) is 5.75 Å². The van der Waals surface area contributed by atoms with Crippen LogP contribution < -0.4 is 10.1 Å². The summed E-state index contributed by atoms with van der Waals surface area (Å²) in [5, 5.41) is 16.1. The third-order valence-electron chi connectivity index (χ3n) is 2.16. The van der Waals surface area contributed by atoms with Crippen LogP contribution >= 0.6 is 0 Å². The van der Waals surface area contributed by atoms with Crippen LogP contribution in [0.1, 0.15) is 20.8 Å². The highest BCUT2D eigenvalue weighted by Gasteiger charge is 2.15. The molecule has 19 heavy (non-hydrogen) atoms. The van der Waals surface area contributed by atoms with E-state index in [2.05, 4.69) is 25.9 Å². The van der Waals surface area contributed by atoms with Gasteiger partial charge in [-0.2, -0.15) is 0 Å². The van der Waals surface area contributed by atoms with E-state index >= 15 is 0 Å². The summed E-state index contributed by atoms with van der Waals surface area (Å²) < 4.78 is 5.15. The molecule has 7 heteroatoms. The van der Waals surface area contributed by atoms with Gasteiger partial charge in [-0.05, 0) is 55.5 Å². The molecule has 1 aromatic heterocycles. The highest BCUT2D eigenvalue weighted by Crippen LogP contribution is 2.18. The molecule has 2 N–H and O–H groups in total. The molecule has 1 aromatic carbocycles. The second kappa shape index (κ2) is 5.05. The third-order valence-corrected chi connectivity index (χ3v) is 2.16. The molecule has 2 aromatic rings. The molecule has 0 aliphatic heterocycles. The molecule has 0 unspecified atom stereocenters. The van der Waals surface area contributed by atoms with Gasteiger partial charge in [0, 0.05) is 11.1 Å². The van der Waals surface area contributed by atoms with Gasteiger partial charge >= 0.3 is 6.09 Å². The van der Waals surface area contributed by atoms with Gasteiger partial charge in [-0.3, -0.25) is 0 Å². The third kappa shape index (κ3) is 3.77. The van der Waals surface area contributed by atoms with Gasteiger partial charge in [-0.1, -0.05) is 0 Å². The summed E-state index contributed by atoms with van der Waals surface area (Å²) in [5.41, 5.74) is 0.483. The molecule has 2 rings (SSSR count). The Bertz CT molecular complexity index is 542. The van der Waals surface area contributed by atoms with E-state index in [4.69, 9.17) is 4.74 Å². The first-order valence-electron chi connectivity index (χ1n) is 5.78. The first-order valence-corrected chi connectivity index (χ1v) is 5.78. The minimum absolute atomic E-state index is 0.331. The van der Waals surface area contributed by atoms with Crippen LogP contribution in [0.4, 0.5) is 4.79 Å². The van der Waals surface area contributed by atoms with Gasteiger partial charge in [-0.15, -0.1) is 5.10 Å². The molecule has 0 radical (unpaired) electrons. The number of nitrogens with zero attached hydrogens (tertiary/aromatic N) is 3. The van der Waals surface area contributed by atoms with E-state index in [0.29, 0.717) is 11.6 Å². The van der Waals surface area contributed by atoms with Crippen molar-refractivity contribution < 1.29 is 9.53 Å². The highest BCUT2D eigenvalue weighted by atomic mass is 16.6. The zero-order chi connectivity index (χ0) is 13.9. The van der Waals surface area contributed by atoms with Crippen molar-refractivity contribution in [3.8, 4) is 17.1 Å². The molecule has 0 aliphatic carbocycles. The molecule has 0 aliphatic rings. The summed E-state index contributed by atoms with van der Waals surface area (Å²) in [5.74, 6) is 1.02. The number of H-pyrrole nitrogens is 1. The SMILES string of the molecule is CC(C)(C)NC(=O)Oc1ccc(-c2nnn[nH]2)cc1. The summed E-state index contributed by atoms with van der Waals surface area (Å²) in [4.78, 5) is 11.6. The van der Waals surface area contributed by atoms with Gasteiger partial charge in [-0.25, -0.2) is 9.89 Å². The van der Waals surface area contributed by atoms with E-state index in [9.17, 15) is 4.79 Å². The number of benzene rings is 1. The number of carbonyl (C=O) groups excluding carboxylic acids is 1. The molecule has 7 nitrogen and oxygen atoms in total. The number of aromatic amines is 1. The van der Waals surface area contributed by atoms with Crippen molar-refractivity contribution in [2.24, 2.45) is 0 Å². The summed E-state index contributed by atoms with van der Waals surface area (Å²) >= 11 is 0. The fourth-order valence-corrected chi connectivity index (χ4v) is 1.40. The number of hydrogen-bond acceptors (Lipinski definition) is 5. The van der Waals surface area contributed by atoms with Gasteiger partial charge in [0.2, 0.25) is 0 Å². The molecule has 100 valence electrons. The normalized spacial score (nSPS) is 11.1. The Hall–Kier alpha value is -2.44. The average molecular weight is 261 g/mol. The fraction of sp³-hybridized carbons (Fsp3) is 0.333. The van der Waals surface area contributed by atoms with Crippen LogP contribution in [0.2, 0.25) is 0 Å². The Labute approximate surface area is 110 Å². The quantitative estimate of drug-likeness (QED) is 0.859. The lowest BCUT2D eigenvalue weighted by atomic mass is 10.1. The van der Waals surface area contributed by atoms with Crippen LogP contribution in [0.25, 0.3) is 11.4 Å². The first kappa shape index (κ1) is 13.0. The Balaban J connectivity index is 2.01. The molecule has 1 amide bonds. The van der Waals surface area contributed by atoms with E-state index in [0.717, 1.165) is 5.56 Å². The minimum atomic E-state index is -0.485. The first-order chi connectivity index (χ1) is 8.94. The Morgan fingerprint density at radius 3 is 2.47 bits per heavy atom. The fourth-order valence-electron chi connectivity index (χ4n) is 1.40. The van der Waals surface area contributed by atoms with Crippen LogP contribution in [0.15, 0.2) is 24.3 Å². The largest absolute Gasteiger partial charge is 0.413 e. The summed E-state index contributed by atoms with van der Waals surface area (Å²) in [6, 6.07) is 6.89. The molecular weight excluding hydrogens is 246 g/mol. The Kier molecular flexibility index (Phi) is 3.46. The van der Waals surface area contributed by atoms with Crippen LogP contribution in [0, 0.1) is 0 Å². The summed E-state index contributed by atoms with van der Waals surface area (Å²) in [6.45, 7) is 5.65. The predicted molar refractivity (Wildman–Crippen MR) is 68.5 cm³/mol. The monoisotopic (exact) mass is 261 g/mol. The number of aromatic nitrogens is 4. The zero-order valence-electron chi connectivity index (χ0n) is 11.0. The smallest absolute Gasteiger partial charge is 0.410 e. The molecule has 0 spiro atoms. The Morgan fingerprint density at radius 2 is 1.95 bits per heavy atom. The van der Waals surface area contributed by atoms with E-state index < -0.39 is 6.09 Å². The van der Waals surface area contributed by atoms with E-state index in [1.807, 2.05) is 20.8 Å². The second-order valence-electron chi connectivity index (χ2n) is 5.04. The van der Waals surface area contributed by atoms with Crippen molar-refractivity contribution in [1.29, 1.82) is 0 Å². The van der Waals surface area contributed by atoms with Crippen LogP contribution in [-0.2, 0) is 0 Å². The number of tetrazole rings is 1. The summed E-state index contributed by atoms with van der Waals surface area (Å²) in [7, 11) is 0. The topological polar surface area (TPSA) is 92.8 Å². The van der Waals surface area contributed by atoms with Crippen molar-refractivity contribution in [2.45, 2.75) is 26.3 Å². The van der Waals surface area contributed by atoms with Gasteiger partial charge in [0.05, 0.1) is 0 Å². The van der Waals surface area contributed by atoms with Gasteiger partial charge in [0.25, 0.3) is 0 Å². The minimum Gasteiger partial charge on any atom is -0.410 e. The molecule has 0 saturated carbocycles. The highest BCUT2D eigenvalue weighted by molar-refractivity contribution is 5.71. The number of hydrogen-bond donors (Lipinski definition) is 2. The summed E-state index contributed by atoms with van der Waals surface area (Å²) in [6.07, 6.45) is -0.485. The molecule has 0 fully saturated rings. The number of carbonyl (C=O) groups is 1. The maximum absolute atomic E-state index is 11.6. The molecule has 0 saturated heterocycles. The second-order valence-corrected chi connectivity index (χ2v) is 5.04. The van der Waals surface area contributed by atoms with Gasteiger partial charge in [0.1, 0.15) is 5.75 Å². The van der Waals surface area contributed by atoms with E-state index in [1.54, 1.807) is 24.3 Å². The van der Waals surface area contributed by atoms with Crippen molar-refractivity contribution in [3.63, 3.8) is 0 Å². The van der Waals surface area contributed by atoms with Crippen molar-refractivity contribution in [3.05, 3.63) is 24.3 Å². The van der Waals surface area contributed by atoms with Crippen molar-refractivity contribution >= 4 is 6.09 Å². The molecular formula is C12H15N5O2. The average Bonchev–Trinajstić information content (AvgIpc) is 2.80. The number of nitrogens with one attached hydrogen (secondary N) is 2. The number of ether oxygens (including phenoxy) is 1. The van der Waals surface area contributed by atoms with Crippen molar-refractivity contribution in [2.75, 3.05) is 0 Å². The molecule has 0 bridgehead atoms. The molecule has 0 atom stereocenters. The van der Waals surface area contributed by atoms with E-state index in [-0.39, 0.29) is 5.54 Å². The maximum atomic E-state index is 11.6. The van der Waals surface area contributed by atoms with E-state index in [1.165, 1.54) is 0 Å². The standard InChI is InChI=1S/C12H15N5O2/c1-12(2,3)13-11(18)19-9-6-4-8(5-7-9)10-14-16-17-15-10/h4-7H,1-3H3,(H,13,18)(H,14,15,16,17). The van der Waals surface area contributed by atoms with Crippen LogP contribution in [0.3, 0.4) is 0 Å². The Morgan fingerprint density at radius 1 is 1.26 bits per heavy atom. The predicted octanol–water partition coefficient (Wildman–Crippen LogP) is 1.75. The van der Waals surface area contributed by atoms with Gasteiger partial charge in [0.15, 0.2) is 5.82 Å². The number of amides is 1. The van der Waals surface area contributed by atoms with Crippen LogP contribution in [-0.4, -0.2) is 32.3 Å². The van der Waals surface area contributed by atoms with Gasteiger partial charge < -0.3 is 10.1 Å².